The van der Waals surface area contributed by atoms with Gasteiger partial charge in [-0.05, 0) is 48.4 Å². The lowest BCUT2D eigenvalue weighted by Crippen LogP contribution is -2.30. The maximum Gasteiger partial charge on any atom is 0.261 e. The van der Waals surface area contributed by atoms with Crippen molar-refractivity contribution in [2.75, 3.05) is 4.90 Å². The van der Waals surface area contributed by atoms with E-state index in [2.05, 4.69) is 6.07 Å². The summed E-state index contributed by atoms with van der Waals surface area (Å²) < 4.78 is 1.04. The summed E-state index contributed by atoms with van der Waals surface area (Å²) in [5, 5.41) is 1.46. The minimum Gasteiger partial charge on any atom is -0.279 e. The molecule has 140 valence electrons. The second-order valence-corrected chi connectivity index (χ2v) is 8.32. The first kappa shape index (κ1) is 18.9. The van der Waals surface area contributed by atoms with Gasteiger partial charge in [-0.15, -0.1) is 0 Å². The number of carbonyl (C=O) groups excluding carboxylic acids is 1. The van der Waals surface area contributed by atoms with Crippen molar-refractivity contribution >= 4 is 55.8 Å². The minimum absolute atomic E-state index is 0.207. The first-order chi connectivity index (χ1) is 13.5. The second-order valence-electron chi connectivity index (χ2n) is 6.47. The van der Waals surface area contributed by atoms with E-state index in [0.29, 0.717) is 27.3 Å². The maximum atomic E-state index is 13.4. The summed E-state index contributed by atoms with van der Waals surface area (Å²) in [6.45, 7) is 2.44. The number of aromatic nitrogens is 1. The van der Waals surface area contributed by atoms with Crippen LogP contribution in [0.25, 0.3) is 10.2 Å². The van der Waals surface area contributed by atoms with Crippen molar-refractivity contribution in [2.45, 2.75) is 13.5 Å². The molecule has 1 heterocycles. The van der Waals surface area contributed by atoms with E-state index in [1.54, 1.807) is 23.1 Å². The predicted molar refractivity (Wildman–Crippen MR) is 118 cm³/mol. The molecular formula is C22H16Cl2N2OS. The first-order valence-corrected chi connectivity index (χ1v) is 10.3. The third-order valence-corrected chi connectivity index (χ3v) is 5.94. The molecule has 0 spiro atoms. The molecule has 0 radical (unpaired) electrons. The Morgan fingerprint density at radius 3 is 2.57 bits per heavy atom. The topological polar surface area (TPSA) is 33.2 Å². The van der Waals surface area contributed by atoms with Gasteiger partial charge in [0.05, 0.1) is 27.3 Å². The molecule has 0 aliphatic rings. The summed E-state index contributed by atoms with van der Waals surface area (Å²) in [5.74, 6) is -0.207. The van der Waals surface area contributed by atoms with Gasteiger partial charge in [0.15, 0.2) is 5.13 Å². The van der Waals surface area contributed by atoms with E-state index in [1.807, 2.05) is 49.4 Å². The summed E-state index contributed by atoms with van der Waals surface area (Å²) in [6, 6.07) is 20.8. The van der Waals surface area contributed by atoms with Crippen LogP contribution in [0.15, 0.2) is 66.7 Å². The van der Waals surface area contributed by atoms with Gasteiger partial charge in [-0.2, -0.15) is 0 Å². The summed E-state index contributed by atoms with van der Waals surface area (Å²) in [7, 11) is 0. The highest BCUT2D eigenvalue weighted by Crippen LogP contribution is 2.32. The SMILES string of the molecule is Cc1ccc2nc(N(Cc3ccccc3)C(=O)c3ccc(Cl)cc3Cl)sc2c1. The van der Waals surface area contributed by atoms with Crippen molar-refractivity contribution in [3.63, 3.8) is 0 Å². The first-order valence-electron chi connectivity index (χ1n) is 8.69. The van der Waals surface area contributed by atoms with Gasteiger partial charge < -0.3 is 0 Å². The standard InChI is InChI=1S/C22H16Cl2N2OS/c1-14-7-10-19-20(11-14)28-22(25-19)26(13-15-5-3-2-4-6-15)21(27)17-9-8-16(23)12-18(17)24/h2-12H,13H2,1H3. The predicted octanol–water partition coefficient (Wildman–Crippen LogP) is 6.76. The number of amides is 1. The van der Waals surface area contributed by atoms with Gasteiger partial charge in [0.1, 0.15) is 0 Å². The minimum atomic E-state index is -0.207. The number of carbonyl (C=O) groups is 1. The maximum absolute atomic E-state index is 13.4. The third kappa shape index (κ3) is 3.90. The highest BCUT2D eigenvalue weighted by molar-refractivity contribution is 7.22. The Hall–Kier alpha value is -2.40. The summed E-state index contributed by atoms with van der Waals surface area (Å²) in [4.78, 5) is 19.8. The van der Waals surface area contributed by atoms with E-state index < -0.39 is 0 Å². The van der Waals surface area contributed by atoms with Gasteiger partial charge in [-0.3, -0.25) is 9.69 Å². The fourth-order valence-corrected chi connectivity index (χ4v) is 4.49. The molecule has 0 fully saturated rings. The summed E-state index contributed by atoms with van der Waals surface area (Å²) in [6.07, 6.45) is 0. The van der Waals surface area contributed by atoms with E-state index in [9.17, 15) is 4.79 Å². The van der Waals surface area contributed by atoms with Crippen molar-refractivity contribution in [1.82, 2.24) is 4.98 Å². The van der Waals surface area contributed by atoms with Crippen molar-refractivity contribution in [3.05, 3.63) is 93.5 Å². The zero-order valence-corrected chi connectivity index (χ0v) is 17.4. The number of thiazole rings is 1. The van der Waals surface area contributed by atoms with E-state index in [-0.39, 0.29) is 5.91 Å². The molecule has 0 unspecified atom stereocenters. The average molecular weight is 427 g/mol. The van der Waals surface area contributed by atoms with Crippen molar-refractivity contribution in [2.24, 2.45) is 0 Å². The highest BCUT2D eigenvalue weighted by Gasteiger charge is 2.23. The van der Waals surface area contributed by atoms with Crippen molar-refractivity contribution < 1.29 is 4.79 Å². The van der Waals surface area contributed by atoms with Crippen LogP contribution < -0.4 is 4.90 Å². The third-order valence-electron chi connectivity index (χ3n) is 4.35. The molecule has 0 N–H and O–H groups in total. The van der Waals surface area contributed by atoms with Gasteiger partial charge in [0.25, 0.3) is 5.91 Å². The molecule has 28 heavy (non-hydrogen) atoms. The molecular weight excluding hydrogens is 411 g/mol. The van der Waals surface area contributed by atoms with E-state index >= 15 is 0 Å². The van der Waals surface area contributed by atoms with Crippen LogP contribution in [-0.2, 0) is 6.54 Å². The highest BCUT2D eigenvalue weighted by atomic mass is 35.5. The fourth-order valence-electron chi connectivity index (χ4n) is 2.94. The Kier molecular flexibility index (Phi) is 5.36. The van der Waals surface area contributed by atoms with Crippen LogP contribution in [0, 0.1) is 6.92 Å². The van der Waals surface area contributed by atoms with Crippen LogP contribution in [0.2, 0.25) is 10.0 Å². The lowest BCUT2D eigenvalue weighted by atomic mass is 10.1. The molecule has 0 atom stereocenters. The van der Waals surface area contributed by atoms with E-state index in [1.165, 1.54) is 11.3 Å². The number of aryl methyl sites for hydroxylation is 1. The van der Waals surface area contributed by atoms with Gasteiger partial charge in [-0.1, -0.05) is 70.9 Å². The Labute approximate surface area is 177 Å². The normalized spacial score (nSPS) is 11.0. The quantitative estimate of drug-likeness (QED) is 0.361. The van der Waals surface area contributed by atoms with Crippen LogP contribution in [0.5, 0.6) is 0 Å². The Balaban J connectivity index is 1.79. The number of fused-ring (bicyclic) bond motifs is 1. The monoisotopic (exact) mass is 426 g/mol. The Morgan fingerprint density at radius 2 is 1.82 bits per heavy atom. The molecule has 3 nitrogen and oxygen atoms in total. The van der Waals surface area contributed by atoms with Crippen LogP contribution in [-0.4, -0.2) is 10.9 Å². The number of halogens is 2. The van der Waals surface area contributed by atoms with Gasteiger partial charge >= 0.3 is 0 Å². The van der Waals surface area contributed by atoms with E-state index in [4.69, 9.17) is 28.2 Å². The molecule has 0 aliphatic heterocycles. The number of hydrogen-bond donors (Lipinski definition) is 0. The van der Waals surface area contributed by atoms with Crippen LogP contribution >= 0.6 is 34.5 Å². The second kappa shape index (κ2) is 7.92. The molecule has 0 bridgehead atoms. The lowest BCUT2D eigenvalue weighted by molar-refractivity contribution is 0.0985. The Morgan fingerprint density at radius 1 is 1.04 bits per heavy atom. The molecule has 4 rings (SSSR count). The molecule has 0 saturated heterocycles. The van der Waals surface area contributed by atoms with Crippen LogP contribution in [0.3, 0.4) is 0 Å². The molecule has 3 aromatic carbocycles. The summed E-state index contributed by atoms with van der Waals surface area (Å²) >= 11 is 13.8. The number of anilines is 1. The molecule has 1 aromatic heterocycles. The van der Waals surface area contributed by atoms with Gasteiger partial charge in [0, 0.05) is 5.02 Å². The molecule has 6 heteroatoms. The molecule has 1 amide bonds. The lowest BCUT2D eigenvalue weighted by Gasteiger charge is -2.20. The van der Waals surface area contributed by atoms with E-state index in [0.717, 1.165) is 21.3 Å². The largest absolute Gasteiger partial charge is 0.279 e. The zero-order valence-electron chi connectivity index (χ0n) is 15.0. The molecule has 4 aromatic rings. The number of benzene rings is 3. The Bertz CT molecular complexity index is 1160. The number of hydrogen-bond acceptors (Lipinski definition) is 3. The molecule has 0 aliphatic carbocycles. The van der Waals surface area contributed by atoms with Crippen LogP contribution in [0.4, 0.5) is 5.13 Å². The van der Waals surface area contributed by atoms with Crippen molar-refractivity contribution in [1.29, 1.82) is 0 Å². The van der Waals surface area contributed by atoms with Gasteiger partial charge in [0.2, 0.25) is 0 Å². The number of nitrogens with zero attached hydrogens (tertiary/aromatic N) is 2. The fraction of sp³-hybridized carbons (Fsp3) is 0.0909. The molecule has 0 saturated carbocycles. The smallest absolute Gasteiger partial charge is 0.261 e. The number of rotatable bonds is 4. The zero-order chi connectivity index (χ0) is 19.7. The van der Waals surface area contributed by atoms with Crippen molar-refractivity contribution in [3.8, 4) is 0 Å². The van der Waals surface area contributed by atoms with Gasteiger partial charge in [-0.25, -0.2) is 4.98 Å². The average Bonchev–Trinajstić information content (AvgIpc) is 3.09. The van der Waals surface area contributed by atoms with Crippen LogP contribution in [0.1, 0.15) is 21.5 Å². The summed E-state index contributed by atoms with van der Waals surface area (Å²) in [5.41, 5.74) is 3.44.